The minimum atomic E-state index is -3.68. The van der Waals surface area contributed by atoms with E-state index in [1.165, 1.54) is 23.5 Å². The molecule has 0 bridgehead atoms. The van der Waals surface area contributed by atoms with Crippen LogP contribution >= 0.6 is 11.3 Å². The summed E-state index contributed by atoms with van der Waals surface area (Å²) in [6, 6.07) is 10.1. The van der Waals surface area contributed by atoms with Crippen LogP contribution in [0.25, 0.3) is 16.2 Å². The Kier molecular flexibility index (Phi) is 4.71. The van der Waals surface area contributed by atoms with Crippen molar-refractivity contribution in [3.05, 3.63) is 54.4 Å². The molecule has 3 aromatic heterocycles. The molecule has 0 aliphatic rings. The van der Waals surface area contributed by atoms with E-state index in [9.17, 15) is 8.42 Å². The molecule has 0 saturated heterocycles. The van der Waals surface area contributed by atoms with Crippen LogP contribution in [0.1, 0.15) is 5.56 Å². The zero-order valence-electron chi connectivity index (χ0n) is 14.7. The standard InChI is InChI=1S/C17H16N6O3S2/c1-26-15-7-4-12(9-19-15)14-10-23-17(21-14)27-16(22-23)20-8-11-2-5-13(6-3-11)28(18,24)25/h2-7,9-10H,8H2,1H3,(H,20,22)(H2,18,24,25). The zero-order chi connectivity index (χ0) is 19.7. The van der Waals surface area contributed by atoms with E-state index in [-0.39, 0.29) is 4.90 Å². The van der Waals surface area contributed by atoms with Crippen LogP contribution in [-0.4, -0.2) is 35.1 Å². The van der Waals surface area contributed by atoms with Gasteiger partial charge in [0.15, 0.2) is 0 Å². The van der Waals surface area contributed by atoms with Gasteiger partial charge in [0.1, 0.15) is 0 Å². The van der Waals surface area contributed by atoms with Gasteiger partial charge in [-0.3, -0.25) is 0 Å². The number of primary sulfonamides is 1. The first kappa shape index (κ1) is 18.3. The van der Waals surface area contributed by atoms with E-state index in [2.05, 4.69) is 20.4 Å². The summed E-state index contributed by atoms with van der Waals surface area (Å²) in [5.74, 6) is 0.548. The summed E-state index contributed by atoms with van der Waals surface area (Å²) in [7, 11) is -2.11. The number of imidazole rings is 1. The molecule has 3 N–H and O–H groups in total. The first-order valence-corrected chi connectivity index (χ1v) is 10.5. The predicted octanol–water partition coefficient (Wildman–Crippen LogP) is 2.12. The maximum atomic E-state index is 11.3. The van der Waals surface area contributed by atoms with Crippen molar-refractivity contribution >= 4 is 31.5 Å². The molecule has 0 atom stereocenters. The third-order valence-electron chi connectivity index (χ3n) is 3.98. The highest BCUT2D eigenvalue weighted by atomic mass is 32.2. The molecule has 9 nitrogen and oxygen atoms in total. The molecule has 4 aromatic rings. The van der Waals surface area contributed by atoms with Crippen LogP contribution in [0, 0.1) is 0 Å². The minimum Gasteiger partial charge on any atom is -0.481 e. The Labute approximate surface area is 164 Å². The second kappa shape index (κ2) is 7.19. The number of ether oxygens (including phenoxy) is 1. The summed E-state index contributed by atoms with van der Waals surface area (Å²) in [6.07, 6.45) is 3.54. The number of nitrogens with one attached hydrogen (secondary N) is 1. The molecule has 3 heterocycles. The van der Waals surface area contributed by atoms with Gasteiger partial charge in [0, 0.05) is 24.4 Å². The Bertz CT molecular complexity index is 1180. The van der Waals surface area contributed by atoms with Crippen molar-refractivity contribution in [2.75, 3.05) is 12.4 Å². The van der Waals surface area contributed by atoms with Crippen molar-refractivity contribution in [1.82, 2.24) is 19.6 Å². The van der Waals surface area contributed by atoms with E-state index >= 15 is 0 Å². The summed E-state index contributed by atoms with van der Waals surface area (Å²) in [4.78, 5) is 9.59. The molecule has 0 amide bonds. The van der Waals surface area contributed by atoms with Gasteiger partial charge in [-0.2, -0.15) is 0 Å². The molecule has 0 aliphatic carbocycles. The van der Waals surface area contributed by atoms with Gasteiger partial charge in [-0.25, -0.2) is 28.0 Å². The lowest BCUT2D eigenvalue weighted by Gasteiger charge is -2.03. The molecule has 0 radical (unpaired) electrons. The van der Waals surface area contributed by atoms with Crippen molar-refractivity contribution in [2.24, 2.45) is 5.14 Å². The third kappa shape index (κ3) is 3.81. The number of nitrogens with zero attached hydrogens (tertiary/aromatic N) is 4. The van der Waals surface area contributed by atoms with Crippen LogP contribution in [0.2, 0.25) is 0 Å². The SMILES string of the molecule is COc1ccc(-c2cn3nc(NCc4ccc(S(N)(=O)=O)cc4)sc3n2)cn1. The summed E-state index contributed by atoms with van der Waals surface area (Å²) in [5.41, 5.74) is 2.56. The first-order valence-electron chi connectivity index (χ1n) is 8.14. The number of rotatable bonds is 6. The predicted molar refractivity (Wildman–Crippen MR) is 106 cm³/mol. The van der Waals surface area contributed by atoms with Gasteiger partial charge in [0.05, 0.1) is 23.9 Å². The normalized spacial score (nSPS) is 11.6. The Morgan fingerprint density at radius 1 is 1.21 bits per heavy atom. The topological polar surface area (TPSA) is 124 Å². The van der Waals surface area contributed by atoms with Crippen LogP contribution in [0.4, 0.5) is 5.13 Å². The quantitative estimate of drug-likeness (QED) is 0.493. The van der Waals surface area contributed by atoms with Crippen molar-refractivity contribution < 1.29 is 13.2 Å². The molecule has 0 fully saturated rings. The number of benzene rings is 1. The van der Waals surface area contributed by atoms with Gasteiger partial charge in [-0.05, 0) is 23.8 Å². The molecular weight excluding hydrogens is 400 g/mol. The van der Waals surface area contributed by atoms with E-state index in [1.54, 1.807) is 36.0 Å². The van der Waals surface area contributed by atoms with E-state index in [4.69, 9.17) is 9.88 Å². The number of fused-ring (bicyclic) bond motifs is 1. The summed E-state index contributed by atoms with van der Waals surface area (Å²) >= 11 is 1.42. The smallest absolute Gasteiger partial charge is 0.238 e. The molecule has 144 valence electrons. The zero-order valence-corrected chi connectivity index (χ0v) is 16.4. The van der Waals surface area contributed by atoms with Crippen LogP contribution < -0.4 is 15.2 Å². The maximum absolute atomic E-state index is 11.3. The highest BCUT2D eigenvalue weighted by Gasteiger charge is 2.11. The lowest BCUT2D eigenvalue weighted by atomic mass is 10.2. The molecule has 28 heavy (non-hydrogen) atoms. The van der Waals surface area contributed by atoms with E-state index in [0.717, 1.165) is 21.8 Å². The van der Waals surface area contributed by atoms with Crippen molar-refractivity contribution in [2.45, 2.75) is 11.4 Å². The fourth-order valence-electron chi connectivity index (χ4n) is 2.54. The van der Waals surface area contributed by atoms with Crippen LogP contribution in [0.15, 0.2) is 53.7 Å². The number of methoxy groups -OCH3 is 1. The highest BCUT2D eigenvalue weighted by molar-refractivity contribution is 7.89. The number of sulfonamides is 1. The fraction of sp³-hybridized carbons (Fsp3) is 0.118. The highest BCUT2D eigenvalue weighted by Crippen LogP contribution is 2.25. The van der Waals surface area contributed by atoms with E-state index < -0.39 is 10.0 Å². The first-order chi connectivity index (χ1) is 13.4. The van der Waals surface area contributed by atoms with Gasteiger partial charge in [-0.15, -0.1) is 5.10 Å². The average molecular weight is 416 g/mol. The summed E-state index contributed by atoms with van der Waals surface area (Å²) in [6.45, 7) is 0.497. The summed E-state index contributed by atoms with van der Waals surface area (Å²) in [5, 5.41) is 13.5. The number of anilines is 1. The minimum absolute atomic E-state index is 0.0875. The Morgan fingerprint density at radius 3 is 2.61 bits per heavy atom. The Hall–Kier alpha value is -3.02. The molecule has 4 rings (SSSR count). The summed E-state index contributed by atoms with van der Waals surface area (Å²) < 4.78 is 29.3. The molecule has 0 aliphatic heterocycles. The maximum Gasteiger partial charge on any atom is 0.238 e. The molecule has 1 aromatic carbocycles. The molecular formula is C17H16N6O3S2. The second-order valence-corrected chi connectivity index (χ2v) is 8.41. The van der Waals surface area contributed by atoms with Gasteiger partial charge >= 0.3 is 0 Å². The Morgan fingerprint density at radius 2 is 2.00 bits per heavy atom. The Balaban J connectivity index is 1.46. The molecule has 0 saturated carbocycles. The van der Waals surface area contributed by atoms with Gasteiger partial charge in [0.2, 0.25) is 26.0 Å². The molecule has 11 heteroatoms. The van der Waals surface area contributed by atoms with Crippen LogP contribution in [-0.2, 0) is 16.6 Å². The third-order valence-corrected chi connectivity index (χ3v) is 5.79. The number of pyridine rings is 1. The number of hydrogen-bond donors (Lipinski definition) is 2. The van der Waals surface area contributed by atoms with Crippen molar-refractivity contribution in [3.63, 3.8) is 0 Å². The fourth-order valence-corrected chi connectivity index (χ4v) is 3.83. The molecule has 0 unspecified atom stereocenters. The largest absolute Gasteiger partial charge is 0.481 e. The van der Waals surface area contributed by atoms with Gasteiger partial charge in [0.25, 0.3) is 0 Å². The van der Waals surface area contributed by atoms with Gasteiger partial charge < -0.3 is 10.1 Å². The number of nitrogens with two attached hydrogens (primary N) is 1. The lowest BCUT2D eigenvalue weighted by Crippen LogP contribution is -2.12. The average Bonchev–Trinajstić information content (AvgIpc) is 3.25. The van der Waals surface area contributed by atoms with Crippen molar-refractivity contribution in [3.8, 4) is 17.1 Å². The number of aromatic nitrogens is 4. The van der Waals surface area contributed by atoms with Crippen LogP contribution in [0.3, 0.4) is 0 Å². The van der Waals surface area contributed by atoms with E-state index in [0.29, 0.717) is 17.6 Å². The van der Waals surface area contributed by atoms with Crippen molar-refractivity contribution in [1.29, 1.82) is 0 Å². The van der Waals surface area contributed by atoms with E-state index in [1.807, 2.05) is 12.3 Å². The van der Waals surface area contributed by atoms with Crippen LogP contribution in [0.5, 0.6) is 5.88 Å². The monoisotopic (exact) mass is 416 g/mol. The van der Waals surface area contributed by atoms with Gasteiger partial charge in [-0.1, -0.05) is 23.5 Å². The lowest BCUT2D eigenvalue weighted by molar-refractivity contribution is 0.398. The second-order valence-electron chi connectivity index (χ2n) is 5.89. The number of hydrogen-bond acceptors (Lipinski definition) is 8. The molecule has 0 spiro atoms.